The first-order chi connectivity index (χ1) is 14.8. The summed E-state index contributed by atoms with van der Waals surface area (Å²) in [4.78, 5) is 29.1. The second-order valence-corrected chi connectivity index (χ2v) is 7.33. The van der Waals surface area contributed by atoms with Crippen molar-refractivity contribution in [3.05, 3.63) is 85.9 Å². The number of aromatic nitrogens is 2. The summed E-state index contributed by atoms with van der Waals surface area (Å²) < 4.78 is 33.7. The van der Waals surface area contributed by atoms with Gasteiger partial charge >= 0.3 is 0 Å². The summed E-state index contributed by atoms with van der Waals surface area (Å²) in [6.45, 7) is 2.08. The number of nitrogens with zero attached hydrogens (tertiary/aromatic N) is 2. The molecule has 0 spiro atoms. The zero-order chi connectivity index (χ0) is 22.5. The minimum atomic E-state index is -0.753. The number of carbonyl (C=O) groups is 1. The maximum absolute atomic E-state index is 13.8. The Kier molecular flexibility index (Phi) is 7.13. The third kappa shape index (κ3) is 5.15. The molecule has 0 aliphatic carbocycles. The molecular formula is C21H19BrF2N4O3. The molecule has 1 heterocycles. The van der Waals surface area contributed by atoms with Gasteiger partial charge in [0.1, 0.15) is 28.5 Å². The molecule has 0 radical (unpaired) electrons. The lowest BCUT2D eigenvalue weighted by Gasteiger charge is -2.14. The molecule has 3 aromatic rings. The van der Waals surface area contributed by atoms with Gasteiger partial charge in [0.15, 0.2) is 0 Å². The largest absolute Gasteiger partial charge is 0.472 e. The highest BCUT2D eigenvalue weighted by Crippen LogP contribution is 2.22. The minimum Gasteiger partial charge on any atom is -0.472 e. The minimum absolute atomic E-state index is 0.0137. The molecule has 0 saturated heterocycles. The van der Waals surface area contributed by atoms with Gasteiger partial charge in [0.05, 0.1) is 5.69 Å². The number of hydrogen-bond donors (Lipinski definition) is 2. The zero-order valence-corrected chi connectivity index (χ0v) is 18.1. The molecule has 3 rings (SSSR count). The Morgan fingerprint density at radius 3 is 2.58 bits per heavy atom. The maximum Gasteiger partial charge on any atom is 0.276 e. The molecule has 1 aromatic heterocycles. The van der Waals surface area contributed by atoms with E-state index in [1.54, 1.807) is 31.2 Å². The molecule has 3 N–H and O–H groups in total. The van der Waals surface area contributed by atoms with E-state index in [4.69, 9.17) is 10.5 Å². The van der Waals surface area contributed by atoms with Crippen molar-refractivity contribution in [1.82, 2.24) is 14.9 Å². The monoisotopic (exact) mass is 492 g/mol. The first-order valence-electron chi connectivity index (χ1n) is 9.26. The molecule has 1 amide bonds. The van der Waals surface area contributed by atoms with Crippen molar-refractivity contribution >= 4 is 21.8 Å². The maximum atomic E-state index is 13.8. The van der Waals surface area contributed by atoms with Crippen LogP contribution in [0.5, 0.6) is 5.88 Å². The molecule has 0 fully saturated rings. The third-order valence-corrected chi connectivity index (χ3v) is 5.04. The van der Waals surface area contributed by atoms with E-state index in [2.05, 4.69) is 26.2 Å². The summed E-state index contributed by atoms with van der Waals surface area (Å²) >= 11 is 3.18. The first-order valence-corrected chi connectivity index (χ1v) is 10.1. The van der Waals surface area contributed by atoms with Crippen LogP contribution in [0.3, 0.4) is 0 Å². The molecule has 10 heteroatoms. The van der Waals surface area contributed by atoms with E-state index in [1.807, 2.05) is 0 Å². The smallest absolute Gasteiger partial charge is 0.276 e. The molecule has 0 bridgehead atoms. The van der Waals surface area contributed by atoms with E-state index in [1.165, 1.54) is 10.6 Å². The Morgan fingerprint density at radius 2 is 1.94 bits per heavy atom. The van der Waals surface area contributed by atoms with E-state index >= 15 is 0 Å². The topological polar surface area (TPSA) is 99.2 Å². The molecule has 162 valence electrons. The molecule has 0 unspecified atom stereocenters. The van der Waals surface area contributed by atoms with Gasteiger partial charge in [-0.05, 0) is 59.3 Å². The molecule has 2 aromatic carbocycles. The van der Waals surface area contributed by atoms with Crippen molar-refractivity contribution in [2.24, 2.45) is 5.73 Å². The van der Waals surface area contributed by atoms with Crippen molar-refractivity contribution in [3.63, 3.8) is 0 Å². The number of hydrogen-bond acceptors (Lipinski definition) is 5. The summed E-state index contributed by atoms with van der Waals surface area (Å²) in [7, 11) is 0. The Bertz CT molecular complexity index is 1170. The van der Waals surface area contributed by atoms with Gasteiger partial charge in [0.2, 0.25) is 5.88 Å². The van der Waals surface area contributed by atoms with Crippen LogP contribution in [-0.2, 0) is 6.61 Å². The van der Waals surface area contributed by atoms with E-state index in [0.717, 1.165) is 12.1 Å². The summed E-state index contributed by atoms with van der Waals surface area (Å²) in [5.41, 5.74) is 5.99. The van der Waals surface area contributed by atoms with Crippen LogP contribution in [0.25, 0.3) is 5.69 Å². The van der Waals surface area contributed by atoms with Crippen molar-refractivity contribution in [3.8, 4) is 11.6 Å². The standard InChI is InChI=1S/C21H19BrF2N4O3/c1-12-27-20(31-11-14-2-5-15(23)10-17(14)24)18(22)21(30)28(12)16-6-3-13(4-7-16)19(29)26-9-8-25/h2-7,10H,8-9,11,25H2,1H3,(H,26,29). The Morgan fingerprint density at radius 1 is 1.23 bits per heavy atom. The normalized spacial score (nSPS) is 10.7. The predicted octanol–water partition coefficient (Wildman–Crippen LogP) is 2.85. The number of aryl methyl sites for hydroxylation is 1. The predicted molar refractivity (Wildman–Crippen MR) is 114 cm³/mol. The summed E-state index contributed by atoms with van der Waals surface area (Å²) in [5.74, 6) is -1.40. The van der Waals surface area contributed by atoms with Crippen molar-refractivity contribution in [1.29, 1.82) is 0 Å². The number of halogens is 3. The number of carbonyl (C=O) groups excluding carboxylic acids is 1. The van der Waals surface area contributed by atoms with E-state index in [0.29, 0.717) is 30.2 Å². The van der Waals surface area contributed by atoms with Crippen LogP contribution >= 0.6 is 15.9 Å². The van der Waals surface area contributed by atoms with Gasteiger partial charge in [-0.2, -0.15) is 4.98 Å². The lowest BCUT2D eigenvalue weighted by molar-refractivity contribution is 0.0954. The summed E-state index contributed by atoms with van der Waals surface area (Å²) in [6, 6.07) is 9.55. The number of nitrogens with one attached hydrogen (secondary N) is 1. The number of ether oxygens (including phenoxy) is 1. The number of rotatable bonds is 7. The summed E-state index contributed by atoms with van der Waals surface area (Å²) in [6.07, 6.45) is 0. The van der Waals surface area contributed by atoms with Crippen LogP contribution in [0.1, 0.15) is 21.7 Å². The molecule has 0 saturated carbocycles. The van der Waals surface area contributed by atoms with Gasteiger partial charge in [-0.15, -0.1) is 0 Å². The van der Waals surface area contributed by atoms with Crippen LogP contribution in [0.4, 0.5) is 8.78 Å². The lowest BCUT2D eigenvalue weighted by atomic mass is 10.2. The summed E-state index contributed by atoms with van der Waals surface area (Å²) in [5, 5.41) is 2.67. The van der Waals surface area contributed by atoms with Crippen molar-refractivity contribution < 1.29 is 18.3 Å². The highest BCUT2D eigenvalue weighted by molar-refractivity contribution is 9.10. The fraction of sp³-hybridized carbons (Fsp3) is 0.190. The fourth-order valence-electron chi connectivity index (χ4n) is 2.82. The van der Waals surface area contributed by atoms with Gasteiger partial charge in [-0.25, -0.2) is 8.78 Å². The van der Waals surface area contributed by atoms with Gasteiger partial charge in [-0.1, -0.05) is 0 Å². The third-order valence-electron chi connectivity index (χ3n) is 4.36. The molecule has 7 nitrogen and oxygen atoms in total. The zero-order valence-electron chi connectivity index (χ0n) is 16.5. The number of benzene rings is 2. The highest BCUT2D eigenvalue weighted by atomic mass is 79.9. The second-order valence-electron chi connectivity index (χ2n) is 6.53. The SMILES string of the molecule is Cc1nc(OCc2ccc(F)cc2F)c(Br)c(=O)n1-c1ccc(C(=O)NCCN)cc1. The van der Waals surface area contributed by atoms with Crippen LogP contribution in [-0.4, -0.2) is 28.5 Å². The Balaban J connectivity index is 1.84. The Hall–Kier alpha value is -3.11. The quantitative estimate of drug-likeness (QED) is 0.528. The van der Waals surface area contributed by atoms with E-state index < -0.39 is 17.2 Å². The second kappa shape index (κ2) is 9.80. The molecule has 0 atom stereocenters. The molecular weight excluding hydrogens is 474 g/mol. The molecule has 31 heavy (non-hydrogen) atoms. The van der Waals surface area contributed by atoms with Gasteiger partial charge in [0.25, 0.3) is 11.5 Å². The first kappa shape index (κ1) is 22.6. The molecule has 0 aliphatic rings. The van der Waals surface area contributed by atoms with Crippen molar-refractivity contribution in [2.45, 2.75) is 13.5 Å². The van der Waals surface area contributed by atoms with Gasteiger partial charge in [-0.3, -0.25) is 14.2 Å². The van der Waals surface area contributed by atoms with Gasteiger partial charge < -0.3 is 15.8 Å². The van der Waals surface area contributed by atoms with E-state index in [9.17, 15) is 18.4 Å². The van der Waals surface area contributed by atoms with Crippen LogP contribution in [0.2, 0.25) is 0 Å². The van der Waals surface area contributed by atoms with Crippen molar-refractivity contribution in [2.75, 3.05) is 13.1 Å². The van der Waals surface area contributed by atoms with Gasteiger partial charge in [0, 0.05) is 30.3 Å². The number of nitrogens with two attached hydrogens (primary N) is 1. The van der Waals surface area contributed by atoms with Crippen LogP contribution < -0.4 is 21.3 Å². The fourth-order valence-corrected chi connectivity index (χ4v) is 3.20. The average molecular weight is 493 g/mol. The lowest BCUT2D eigenvalue weighted by Crippen LogP contribution is -2.29. The number of amides is 1. The van der Waals surface area contributed by atoms with Crippen LogP contribution in [0, 0.1) is 18.6 Å². The Labute approximate surface area is 185 Å². The highest BCUT2D eigenvalue weighted by Gasteiger charge is 2.16. The molecule has 0 aliphatic heterocycles. The van der Waals surface area contributed by atoms with E-state index in [-0.39, 0.29) is 28.4 Å². The average Bonchev–Trinajstić information content (AvgIpc) is 2.75. The van der Waals surface area contributed by atoms with Crippen LogP contribution in [0.15, 0.2) is 51.7 Å².